The van der Waals surface area contributed by atoms with Crippen LogP contribution in [0.15, 0.2) is 33.8 Å². The molecule has 2 heterocycles. The van der Waals surface area contributed by atoms with Gasteiger partial charge in [-0.2, -0.15) is 0 Å². The summed E-state index contributed by atoms with van der Waals surface area (Å²) in [5.41, 5.74) is 2.08. The van der Waals surface area contributed by atoms with Crippen LogP contribution in [0.3, 0.4) is 0 Å². The standard InChI is InChI=1S/C21H30ClN5O2.HI/c1-4-23-21(24-8-7-17-5-6-19(28-3)14-20(17)22)27-11-9-26(10-12-27)15-18-13-16(2)29-25-18;/h5-6,13-14H,4,7-12,15H2,1-3H3,(H,23,24);1H. The van der Waals surface area contributed by atoms with Gasteiger partial charge in [0.1, 0.15) is 11.5 Å². The van der Waals surface area contributed by atoms with Crippen molar-refractivity contribution in [3.8, 4) is 5.75 Å². The number of nitrogens with zero attached hydrogens (tertiary/aromatic N) is 4. The topological polar surface area (TPSA) is 66.1 Å². The number of aromatic nitrogens is 1. The number of aliphatic imine (C=N–C) groups is 1. The SMILES string of the molecule is CCNC(=NCCc1ccc(OC)cc1Cl)N1CCN(Cc2cc(C)on2)CC1.I. The number of methoxy groups -OCH3 is 1. The van der Waals surface area contributed by atoms with E-state index < -0.39 is 0 Å². The fourth-order valence-electron chi connectivity index (χ4n) is 3.41. The molecule has 1 aliphatic heterocycles. The monoisotopic (exact) mass is 547 g/mol. The molecule has 0 amide bonds. The zero-order valence-corrected chi connectivity index (χ0v) is 20.9. The lowest BCUT2D eigenvalue weighted by Gasteiger charge is -2.36. The second-order valence-corrected chi connectivity index (χ2v) is 7.54. The number of benzene rings is 1. The van der Waals surface area contributed by atoms with Gasteiger partial charge in [0.05, 0.1) is 12.8 Å². The predicted octanol–water partition coefficient (Wildman–Crippen LogP) is 3.59. The maximum atomic E-state index is 6.35. The Bertz CT molecular complexity index is 821. The molecule has 1 fully saturated rings. The maximum Gasteiger partial charge on any atom is 0.194 e. The van der Waals surface area contributed by atoms with Gasteiger partial charge in [-0.3, -0.25) is 9.89 Å². The summed E-state index contributed by atoms with van der Waals surface area (Å²) < 4.78 is 10.4. The van der Waals surface area contributed by atoms with E-state index in [0.717, 1.165) is 79.4 Å². The Morgan fingerprint density at radius 2 is 2.03 bits per heavy atom. The molecule has 0 bridgehead atoms. The summed E-state index contributed by atoms with van der Waals surface area (Å²) in [6.07, 6.45) is 0.795. The van der Waals surface area contributed by atoms with E-state index in [-0.39, 0.29) is 24.0 Å². The highest BCUT2D eigenvalue weighted by atomic mass is 127. The summed E-state index contributed by atoms with van der Waals surface area (Å²) in [7, 11) is 1.64. The van der Waals surface area contributed by atoms with E-state index in [4.69, 9.17) is 25.9 Å². The van der Waals surface area contributed by atoms with Crippen LogP contribution in [0, 0.1) is 6.92 Å². The molecule has 0 aliphatic carbocycles. The first kappa shape index (κ1) is 24.7. The molecule has 3 rings (SSSR count). The summed E-state index contributed by atoms with van der Waals surface area (Å²) >= 11 is 6.35. The number of hydrogen-bond donors (Lipinski definition) is 1. The molecule has 1 N–H and O–H groups in total. The number of ether oxygens (including phenoxy) is 1. The van der Waals surface area contributed by atoms with Crippen molar-refractivity contribution in [2.24, 2.45) is 4.99 Å². The molecule has 0 atom stereocenters. The van der Waals surface area contributed by atoms with E-state index in [1.807, 2.05) is 31.2 Å². The second-order valence-electron chi connectivity index (χ2n) is 7.14. The Morgan fingerprint density at radius 3 is 2.63 bits per heavy atom. The quantitative estimate of drug-likeness (QED) is 0.325. The van der Waals surface area contributed by atoms with Crippen LogP contribution in [0.5, 0.6) is 5.75 Å². The number of aryl methyl sites for hydroxylation is 1. The molecule has 2 aromatic rings. The van der Waals surface area contributed by atoms with Crippen molar-refractivity contribution in [3.05, 3.63) is 46.3 Å². The molecule has 30 heavy (non-hydrogen) atoms. The van der Waals surface area contributed by atoms with Crippen LogP contribution in [0.1, 0.15) is 23.9 Å². The molecule has 7 nitrogen and oxygen atoms in total. The van der Waals surface area contributed by atoms with Gasteiger partial charge in [-0.05, 0) is 38.0 Å². The Hall–Kier alpha value is -1.52. The van der Waals surface area contributed by atoms with Crippen LogP contribution >= 0.6 is 35.6 Å². The van der Waals surface area contributed by atoms with Crippen molar-refractivity contribution in [2.75, 3.05) is 46.4 Å². The molecule has 1 aromatic carbocycles. The highest BCUT2D eigenvalue weighted by Gasteiger charge is 2.20. The third kappa shape index (κ3) is 7.02. The van der Waals surface area contributed by atoms with Gasteiger partial charge in [0.2, 0.25) is 0 Å². The highest BCUT2D eigenvalue weighted by molar-refractivity contribution is 14.0. The number of rotatable bonds is 7. The molecule has 1 aliphatic rings. The predicted molar refractivity (Wildman–Crippen MR) is 131 cm³/mol. The Labute approximate surface area is 200 Å². The Morgan fingerprint density at radius 1 is 1.27 bits per heavy atom. The first-order chi connectivity index (χ1) is 14.1. The molecule has 1 saturated heterocycles. The molecule has 9 heteroatoms. The van der Waals surface area contributed by atoms with Crippen molar-refractivity contribution in [1.82, 2.24) is 20.3 Å². The fourth-order valence-corrected chi connectivity index (χ4v) is 3.67. The van der Waals surface area contributed by atoms with Crippen LogP contribution in [0.4, 0.5) is 0 Å². The summed E-state index contributed by atoms with van der Waals surface area (Å²) in [6.45, 7) is 10.2. The molecular formula is C21H31ClIN5O2. The first-order valence-electron chi connectivity index (χ1n) is 10.1. The van der Waals surface area contributed by atoms with E-state index in [0.29, 0.717) is 6.54 Å². The summed E-state index contributed by atoms with van der Waals surface area (Å²) in [5, 5.41) is 8.24. The summed E-state index contributed by atoms with van der Waals surface area (Å²) in [6, 6.07) is 7.79. The van der Waals surface area contributed by atoms with E-state index in [1.165, 1.54) is 0 Å². The van der Waals surface area contributed by atoms with Gasteiger partial charge in [-0.1, -0.05) is 22.8 Å². The van der Waals surface area contributed by atoms with Crippen LogP contribution < -0.4 is 10.1 Å². The molecule has 1 aromatic heterocycles. The Kier molecular flexibility index (Phi) is 10.2. The minimum Gasteiger partial charge on any atom is -0.497 e. The average molecular weight is 548 g/mol. The first-order valence-corrected chi connectivity index (χ1v) is 10.5. The zero-order chi connectivity index (χ0) is 20.6. The lowest BCUT2D eigenvalue weighted by Crippen LogP contribution is -2.52. The van der Waals surface area contributed by atoms with Gasteiger partial charge in [0.25, 0.3) is 0 Å². The summed E-state index contributed by atoms with van der Waals surface area (Å²) in [5.74, 6) is 2.60. The van der Waals surface area contributed by atoms with Gasteiger partial charge in [0.15, 0.2) is 5.96 Å². The third-order valence-electron chi connectivity index (χ3n) is 4.97. The fraction of sp³-hybridized carbons (Fsp3) is 0.524. The number of piperazine rings is 1. The van der Waals surface area contributed by atoms with Crippen LogP contribution in [-0.4, -0.2) is 67.3 Å². The third-order valence-corrected chi connectivity index (χ3v) is 5.32. The van der Waals surface area contributed by atoms with E-state index in [9.17, 15) is 0 Å². The van der Waals surface area contributed by atoms with Crippen LogP contribution in [0.2, 0.25) is 5.02 Å². The smallest absolute Gasteiger partial charge is 0.194 e. The number of nitrogens with one attached hydrogen (secondary N) is 1. The summed E-state index contributed by atoms with van der Waals surface area (Å²) in [4.78, 5) is 9.54. The number of guanidine groups is 1. The lowest BCUT2D eigenvalue weighted by molar-refractivity contribution is 0.169. The second kappa shape index (κ2) is 12.4. The van der Waals surface area contributed by atoms with E-state index in [1.54, 1.807) is 7.11 Å². The van der Waals surface area contributed by atoms with Gasteiger partial charge >= 0.3 is 0 Å². The molecule has 166 valence electrons. The maximum absolute atomic E-state index is 6.35. The van der Waals surface area contributed by atoms with Gasteiger partial charge in [-0.15, -0.1) is 24.0 Å². The van der Waals surface area contributed by atoms with Gasteiger partial charge in [-0.25, -0.2) is 0 Å². The van der Waals surface area contributed by atoms with Gasteiger partial charge in [0, 0.05) is 56.9 Å². The molecule has 0 saturated carbocycles. The van der Waals surface area contributed by atoms with Crippen molar-refractivity contribution in [3.63, 3.8) is 0 Å². The molecule has 0 spiro atoms. The minimum absolute atomic E-state index is 0. The Balaban J connectivity index is 0.00000320. The van der Waals surface area contributed by atoms with E-state index in [2.05, 4.69) is 27.2 Å². The minimum atomic E-state index is 0. The molecular weight excluding hydrogens is 517 g/mol. The van der Waals surface area contributed by atoms with Crippen molar-refractivity contribution >= 4 is 41.5 Å². The zero-order valence-electron chi connectivity index (χ0n) is 17.9. The average Bonchev–Trinajstić information content (AvgIpc) is 3.13. The van der Waals surface area contributed by atoms with Gasteiger partial charge < -0.3 is 19.5 Å². The van der Waals surface area contributed by atoms with E-state index >= 15 is 0 Å². The lowest BCUT2D eigenvalue weighted by atomic mass is 10.1. The van der Waals surface area contributed by atoms with Crippen LogP contribution in [0.25, 0.3) is 0 Å². The van der Waals surface area contributed by atoms with Crippen molar-refractivity contribution in [1.29, 1.82) is 0 Å². The molecule has 0 radical (unpaired) electrons. The highest BCUT2D eigenvalue weighted by Crippen LogP contribution is 2.22. The van der Waals surface area contributed by atoms with Crippen molar-refractivity contribution < 1.29 is 9.26 Å². The number of halogens is 2. The molecule has 0 unspecified atom stereocenters. The van der Waals surface area contributed by atoms with Crippen molar-refractivity contribution in [2.45, 2.75) is 26.8 Å². The largest absolute Gasteiger partial charge is 0.497 e. The number of hydrogen-bond acceptors (Lipinski definition) is 5. The van der Waals surface area contributed by atoms with Crippen LogP contribution in [-0.2, 0) is 13.0 Å². The normalized spacial score (nSPS) is 15.1.